The smallest absolute Gasteiger partial charge is 0.0924 e. The van der Waals surface area contributed by atoms with Crippen molar-refractivity contribution in [1.82, 2.24) is 9.97 Å². The van der Waals surface area contributed by atoms with Crippen LogP contribution in [0.5, 0.6) is 0 Å². The normalized spacial score (nSPS) is 7.90. The molecule has 0 aromatic carbocycles. The van der Waals surface area contributed by atoms with Gasteiger partial charge in [-0.3, -0.25) is 0 Å². The fourth-order valence-corrected chi connectivity index (χ4v) is 0.461. The highest BCUT2D eigenvalue weighted by Crippen LogP contribution is 1.89. The summed E-state index contributed by atoms with van der Waals surface area (Å²) in [6, 6.07) is 0. The van der Waals surface area contributed by atoms with Gasteiger partial charge in [0, 0.05) is 0 Å². The van der Waals surface area contributed by atoms with E-state index in [2.05, 4.69) is 9.97 Å². The summed E-state index contributed by atoms with van der Waals surface area (Å²) in [4.78, 5) is 6.55. The molecule has 0 aliphatic rings. The molecule has 0 radical (unpaired) electrons. The first kappa shape index (κ1) is 8.88. The first-order valence-corrected chi connectivity index (χ1v) is 3.34. The van der Waals surface area contributed by atoms with E-state index in [1.54, 1.807) is 19.4 Å². The average Bonchev–Trinajstić information content (AvgIpc) is 2.42. The lowest BCUT2D eigenvalue weighted by atomic mass is 10.3. The number of hydrogen-bond donors (Lipinski definition) is 2. The molecule has 0 spiro atoms. The molecular formula is C7H13N3. The summed E-state index contributed by atoms with van der Waals surface area (Å²) in [6.45, 7) is 5.72. The summed E-state index contributed by atoms with van der Waals surface area (Å²) in [5.74, 6) is 0. The Balaban J connectivity index is 0.000000371. The molecule has 0 unspecified atom stereocenters. The highest BCUT2D eigenvalue weighted by molar-refractivity contribution is 5.93. The molecule has 0 bridgehead atoms. The molecule has 2 N–H and O–H groups in total. The average molecular weight is 139 g/mol. The molecule has 56 valence electrons. The lowest BCUT2D eigenvalue weighted by molar-refractivity contribution is 1.29. The van der Waals surface area contributed by atoms with E-state index >= 15 is 0 Å². The van der Waals surface area contributed by atoms with Crippen LogP contribution in [0.2, 0.25) is 0 Å². The monoisotopic (exact) mass is 139 g/mol. The van der Waals surface area contributed by atoms with Gasteiger partial charge in [0.1, 0.15) is 0 Å². The zero-order valence-corrected chi connectivity index (χ0v) is 6.60. The van der Waals surface area contributed by atoms with Crippen LogP contribution in [0.25, 0.3) is 0 Å². The third-order valence-corrected chi connectivity index (χ3v) is 0.902. The topological polar surface area (TPSA) is 52.5 Å². The van der Waals surface area contributed by atoms with E-state index in [1.165, 1.54) is 0 Å². The third-order valence-electron chi connectivity index (χ3n) is 0.902. The summed E-state index contributed by atoms with van der Waals surface area (Å²) in [5.41, 5.74) is 1.30. The van der Waals surface area contributed by atoms with Crippen LogP contribution in [0.15, 0.2) is 12.5 Å². The second-order valence-electron chi connectivity index (χ2n) is 1.59. The maximum Gasteiger partial charge on any atom is 0.0924 e. The molecule has 0 aliphatic carbocycles. The number of imidazole rings is 1. The van der Waals surface area contributed by atoms with Crippen LogP contribution in [-0.2, 0) is 0 Å². The molecule has 1 aromatic heterocycles. The van der Waals surface area contributed by atoms with E-state index in [0.29, 0.717) is 5.71 Å². The molecule has 1 heterocycles. The summed E-state index contributed by atoms with van der Waals surface area (Å²) in [6.07, 6.45) is 3.19. The Morgan fingerprint density at radius 3 is 2.40 bits per heavy atom. The van der Waals surface area contributed by atoms with E-state index < -0.39 is 0 Å². The molecule has 0 amide bonds. The van der Waals surface area contributed by atoms with Crippen molar-refractivity contribution in [1.29, 1.82) is 5.41 Å². The lowest BCUT2D eigenvalue weighted by Crippen LogP contribution is -1.89. The van der Waals surface area contributed by atoms with Gasteiger partial charge >= 0.3 is 0 Å². The summed E-state index contributed by atoms with van der Waals surface area (Å²) >= 11 is 0. The van der Waals surface area contributed by atoms with Gasteiger partial charge in [0.25, 0.3) is 0 Å². The minimum atomic E-state index is 0.516. The molecule has 0 saturated carbocycles. The Morgan fingerprint density at radius 2 is 2.20 bits per heavy atom. The molecule has 3 heteroatoms. The molecule has 0 atom stereocenters. The van der Waals surface area contributed by atoms with Crippen molar-refractivity contribution in [2.24, 2.45) is 0 Å². The van der Waals surface area contributed by atoms with Gasteiger partial charge in [0.05, 0.1) is 23.9 Å². The SMILES string of the molecule is CC.CC(=N)c1cnc[nH]1. The minimum Gasteiger partial charge on any atom is -0.344 e. The van der Waals surface area contributed by atoms with Gasteiger partial charge in [-0.15, -0.1) is 0 Å². The van der Waals surface area contributed by atoms with Gasteiger partial charge in [0.2, 0.25) is 0 Å². The predicted molar refractivity (Wildman–Crippen MR) is 42.4 cm³/mol. The molecule has 3 nitrogen and oxygen atoms in total. The van der Waals surface area contributed by atoms with Crippen molar-refractivity contribution in [3.63, 3.8) is 0 Å². The van der Waals surface area contributed by atoms with Crippen LogP contribution in [0, 0.1) is 5.41 Å². The second kappa shape index (κ2) is 4.73. The minimum absolute atomic E-state index is 0.516. The summed E-state index contributed by atoms with van der Waals surface area (Å²) in [7, 11) is 0. The molecule has 0 saturated heterocycles. The van der Waals surface area contributed by atoms with Crippen LogP contribution >= 0.6 is 0 Å². The van der Waals surface area contributed by atoms with Crippen molar-refractivity contribution in [3.05, 3.63) is 18.2 Å². The number of nitrogens with one attached hydrogen (secondary N) is 2. The number of H-pyrrole nitrogens is 1. The van der Waals surface area contributed by atoms with Crippen molar-refractivity contribution in [2.45, 2.75) is 20.8 Å². The maximum absolute atomic E-state index is 7.08. The highest BCUT2D eigenvalue weighted by Gasteiger charge is 1.91. The Kier molecular flexibility index (Phi) is 4.20. The van der Waals surface area contributed by atoms with Crippen molar-refractivity contribution in [3.8, 4) is 0 Å². The second-order valence-corrected chi connectivity index (χ2v) is 1.59. The van der Waals surface area contributed by atoms with Crippen LogP contribution in [-0.4, -0.2) is 15.7 Å². The number of aromatic nitrogens is 2. The van der Waals surface area contributed by atoms with E-state index in [9.17, 15) is 0 Å². The van der Waals surface area contributed by atoms with Crippen molar-refractivity contribution >= 4 is 5.71 Å². The zero-order valence-electron chi connectivity index (χ0n) is 6.60. The van der Waals surface area contributed by atoms with Crippen LogP contribution in [0.3, 0.4) is 0 Å². The fourth-order valence-electron chi connectivity index (χ4n) is 0.461. The predicted octanol–water partition coefficient (Wildman–Crippen LogP) is 1.82. The number of rotatable bonds is 1. The van der Waals surface area contributed by atoms with E-state index in [1.807, 2.05) is 13.8 Å². The largest absolute Gasteiger partial charge is 0.344 e. The van der Waals surface area contributed by atoms with Gasteiger partial charge in [0.15, 0.2) is 0 Å². The Bertz CT molecular complexity index is 177. The van der Waals surface area contributed by atoms with Crippen molar-refractivity contribution in [2.75, 3.05) is 0 Å². The van der Waals surface area contributed by atoms with Gasteiger partial charge in [-0.25, -0.2) is 4.98 Å². The van der Waals surface area contributed by atoms with E-state index in [0.717, 1.165) is 5.69 Å². The Labute approximate surface area is 61.0 Å². The number of nitrogens with zero attached hydrogens (tertiary/aromatic N) is 1. The lowest BCUT2D eigenvalue weighted by Gasteiger charge is -1.84. The summed E-state index contributed by atoms with van der Waals surface area (Å²) in [5, 5.41) is 7.08. The maximum atomic E-state index is 7.08. The standard InChI is InChI=1S/C5H7N3.C2H6/c1-4(6)5-2-7-3-8-5;1-2/h2-3,6H,1H3,(H,7,8);1-2H3. The van der Waals surface area contributed by atoms with Crippen LogP contribution in [0.1, 0.15) is 26.5 Å². The first-order chi connectivity index (χ1) is 4.80. The molecule has 1 aromatic rings. The number of hydrogen-bond acceptors (Lipinski definition) is 2. The van der Waals surface area contributed by atoms with Crippen LogP contribution < -0.4 is 0 Å². The van der Waals surface area contributed by atoms with E-state index in [4.69, 9.17) is 5.41 Å². The van der Waals surface area contributed by atoms with E-state index in [-0.39, 0.29) is 0 Å². The Hall–Kier alpha value is -1.12. The number of aromatic amines is 1. The zero-order chi connectivity index (χ0) is 7.98. The Morgan fingerprint density at radius 1 is 1.60 bits per heavy atom. The van der Waals surface area contributed by atoms with Crippen molar-refractivity contribution < 1.29 is 0 Å². The fraction of sp³-hybridized carbons (Fsp3) is 0.429. The summed E-state index contributed by atoms with van der Waals surface area (Å²) < 4.78 is 0. The molecule has 1 rings (SSSR count). The molecular weight excluding hydrogens is 126 g/mol. The van der Waals surface area contributed by atoms with Gasteiger partial charge in [-0.2, -0.15) is 0 Å². The molecule has 0 aliphatic heterocycles. The third kappa shape index (κ3) is 2.44. The molecule has 0 fully saturated rings. The van der Waals surface area contributed by atoms with Gasteiger partial charge in [-0.1, -0.05) is 13.8 Å². The molecule has 10 heavy (non-hydrogen) atoms. The van der Waals surface area contributed by atoms with Gasteiger partial charge < -0.3 is 10.4 Å². The van der Waals surface area contributed by atoms with Gasteiger partial charge in [-0.05, 0) is 6.92 Å². The van der Waals surface area contributed by atoms with Crippen LogP contribution in [0.4, 0.5) is 0 Å². The first-order valence-electron chi connectivity index (χ1n) is 3.34. The quantitative estimate of drug-likeness (QED) is 0.573. The highest BCUT2D eigenvalue weighted by atomic mass is 14.9.